The van der Waals surface area contributed by atoms with Crippen molar-refractivity contribution in [1.82, 2.24) is 0 Å². The summed E-state index contributed by atoms with van der Waals surface area (Å²) in [6, 6.07) is 0. The number of esters is 1. The molecule has 1 N–H and O–H groups in total. The molecule has 0 bridgehead atoms. The number of aliphatic carboxylic acids is 1. The Morgan fingerprint density at radius 2 is 1.50 bits per heavy atom. The van der Waals surface area contributed by atoms with E-state index in [0.29, 0.717) is 17.8 Å². The minimum Gasteiger partial charge on any atom is -0.478 e. The molecule has 0 aliphatic heterocycles. The van der Waals surface area contributed by atoms with Crippen LogP contribution in [0.1, 0.15) is 85.5 Å². The van der Waals surface area contributed by atoms with Gasteiger partial charge in [0.05, 0.1) is 6.61 Å². The Hall–Kier alpha value is -1.58. The maximum absolute atomic E-state index is 10.9. The number of carbonyl (C=O) groups is 2. The number of unbranched alkanes of at least 4 members (excludes halogenated alkanes) is 7. The third-order valence-corrected chi connectivity index (χ3v) is 3.43. The first-order valence-corrected chi connectivity index (χ1v) is 9.09. The number of ether oxygens (including phenoxy) is 1. The van der Waals surface area contributed by atoms with Gasteiger partial charge in [-0.3, -0.25) is 0 Å². The van der Waals surface area contributed by atoms with Crippen molar-refractivity contribution in [3.63, 3.8) is 0 Å². The molecule has 0 atom stereocenters. The highest BCUT2D eigenvalue weighted by atomic mass is 16.5. The molecule has 4 heteroatoms. The highest BCUT2D eigenvalue weighted by Gasteiger charge is 2.01. The van der Waals surface area contributed by atoms with Crippen LogP contribution in [0.3, 0.4) is 0 Å². The molecule has 140 valence electrons. The van der Waals surface area contributed by atoms with Gasteiger partial charge in [0.15, 0.2) is 0 Å². The van der Waals surface area contributed by atoms with Gasteiger partial charge in [0.2, 0.25) is 0 Å². The lowest BCUT2D eigenvalue weighted by molar-refractivity contribution is -0.139. The lowest BCUT2D eigenvalue weighted by Crippen LogP contribution is -2.05. The smallest absolute Gasteiger partial charge is 0.333 e. The second-order valence-corrected chi connectivity index (χ2v) is 6.02. The van der Waals surface area contributed by atoms with Gasteiger partial charge in [-0.25, -0.2) is 9.59 Å². The molecule has 0 heterocycles. The fraction of sp³-hybridized carbons (Fsp3) is 0.700. The molecule has 0 amide bonds. The Morgan fingerprint density at radius 1 is 0.958 bits per heavy atom. The van der Waals surface area contributed by atoms with Gasteiger partial charge in [-0.2, -0.15) is 0 Å². The van der Waals surface area contributed by atoms with Crippen LogP contribution in [0.25, 0.3) is 0 Å². The second kappa shape index (κ2) is 17.8. The first kappa shape index (κ1) is 24.7. The maximum atomic E-state index is 10.9. The first-order valence-electron chi connectivity index (χ1n) is 9.09. The van der Waals surface area contributed by atoms with E-state index >= 15 is 0 Å². The van der Waals surface area contributed by atoms with E-state index in [9.17, 15) is 9.59 Å². The molecule has 0 unspecified atom stereocenters. The minimum absolute atomic E-state index is 0.272. The van der Waals surface area contributed by atoms with E-state index < -0.39 is 5.97 Å². The third-order valence-electron chi connectivity index (χ3n) is 3.43. The predicted octanol–water partition coefficient (Wildman–Crippen LogP) is 5.67. The zero-order valence-corrected chi connectivity index (χ0v) is 16.0. The van der Waals surface area contributed by atoms with E-state index in [1.54, 1.807) is 19.9 Å². The zero-order chi connectivity index (χ0) is 18.8. The van der Waals surface area contributed by atoms with Gasteiger partial charge in [-0.05, 0) is 33.1 Å². The van der Waals surface area contributed by atoms with Crippen molar-refractivity contribution in [2.45, 2.75) is 85.5 Å². The van der Waals surface area contributed by atoms with Crippen molar-refractivity contribution in [3.05, 3.63) is 23.8 Å². The second-order valence-electron chi connectivity index (χ2n) is 6.02. The molecule has 4 nitrogen and oxygen atoms in total. The highest BCUT2D eigenvalue weighted by Crippen LogP contribution is 2.05. The lowest BCUT2D eigenvalue weighted by Gasteiger charge is -2.02. The largest absolute Gasteiger partial charge is 0.478 e. The minimum atomic E-state index is -0.800. The van der Waals surface area contributed by atoms with Crippen LogP contribution in [0.2, 0.25) is 0 Å². The SMILES string of the molecule is C=C(C)C(=O)OCCCCCC.CCCCCCC=C(C)C(=O)O. The standard InChI is InChI=1S/2C10H18O2/c1-4-5-6-7-8-12-10(11)9(2)3;1-3-4-5-6-7-8-9(2)10(11)12/h2,4-8H2,1,3H3;8H,3-7H2,1-2H3,(H,11,12). The molecular weight excluding hydrogens is 304 g/mol. The molecule has 24 heavy (non-hydrogen) atoms. The molecule has 0 radical (unpaired) electrons. The van der Waals surface area contributed by atoms with Crippen molar-refractivity contribution >= 4 is 11.9 Å². The summed E-state index contributed by atoms with van der Waals surface area (Å²) in [5, 5.41) is 8.52. The fourth-order valence-corrected chi connectivity index (χ4v) is 1.79. The average molecular weight is 341 g/mol. The summed E-state index contributed by atoms with van der Waals surface area (Å²) in [4.78, 5) is 21.2. The third kappa shape index (κ3) is 18.5. The molecule has 0 aromatic heterocycles. The molecule has 0 aromatic carbocycles. The van der Waals surface area contributed by atoms with E-state index in [-0.39, 0.29) is 5.97 Å². The summed E-state index contributed by atoms with van der Waals surface area (Å²) in [6.45, 7) is 11.6. The predicted molar refractivity (Wildman–Crippen MR) is 100 cm³/mol. The van der Waals surface area contributed by atoms with Crippen LogP contribution in [0.15, 0.2) is 23.8 Å². The lowest BCUT2D eigenvalue weighted by atomic mass is 10.1. The molecular formula is C20H36O4. The van der Waals surface area contributed by atoms with Crippen LogP contribution in [0.5, 0.6) is 0 Å². The first-order chi connectivity index (χ1) is 11.4. The number of carboxylic acid groups (broad SMARTS) is 1. The van der Waals surface area contributed by atoms with Gasteiger partial charge < -0.3 is 9.84 Å². The molecule has 0 saturated heterocycles. The Labute approximate surface area is 148 Å². The van der Waals surface area contributed by atoms with Crippen LogP contribution >= 0.6 is 0 Å². The van der Waals surface area contributed by atoms with Crippen molar-refractivity contribution in [1.29, 1.82) is 0 Å². The fourth-order valence-electron chi connectivity index (χ4n) is 1.79. The summed E-state index contributed by atoms with van der Waals surface area (Å²) < 4.78 is 4.91. The van der Waals surface area contributed by atoms with Crippen LogP contribution in [0.4, 0.5) is 0 Å². The van der Waals surface area contributed by atoms with E-state index in [4.69, 9.17) is 9.84 Å². The van der Waals surface area contributed by atoms with E-state index in [1.807, 2.05) is 0 Å². The normalized spacial score (nSPS) is 10.6. The van der Waals surface area contributed by atoms with Crippen LogP contribution in [0, 0.1) is 0 Å². The maximum Gasteiger partial charge on any atom is 0.333 e. The molecule has 0 aliphatic rings. The molecule has 0 aliphatic carbocycles. The molecule has 0 fully saturated rings. The Kier molecular flexibility index (Phi) is 18.3. The van der Waals surface area contributed by atoms with E-state index in [0.717, 1.165) is 25.7 Å². The topological polar surface area (TPSA) is 63.6 Å². The van der Waals surface area contributed by atoms with Crippen LogP contribution in [-0.4, -0.2) is 23.7 Å². The molecule has 0 aromatic rings. The number of rotatable bonds is 12. The summed E-state index contributed by atoms with van der Waals surface area (Å²) in [5.74, 6) is -1.07. The van der Waals surface area contributed by atoms with Crippen LogP contribution in [-0.2, 0) is 14.3 Å². The molecule has 0 rings (SSSR count). The Balaban J connectivity index is 0. The van der Waals surface area contributed by atoms with E-state index in [1.165, 1.54) is 32.1 Å². The average Bonchev–Trinajstić information content (AvgIpc) is 2.54. The monoisotopic (exact) mass is 340 g/mol. The Bertz CT molecular complexity index is 383. The van der Waals surface area contributed by atoms with Crippen molar-refractivity contribution in [3.8, 4) is 0 Å². The quantitative estimate of drug-likeness (QED) is 0.282. The number of carboxylic acids is 1. The van der Waals surface area contributed by atoms with Gasteiger partial charge in [0.1, 0.15) is 0 Å². The molecule has 0 spiro atoms. The van der Waals surface area contributed by atoms with Gasteiger partial charge in [0, 0.05) is 11.1 Å². The van der Waals surface area contributed by atoms with Gasteiger partial charge >= 0.3 is 11.9 Å². The van der Waals surface area contributed by atoms with Crippen molar-refractivity contribution in [2.24, 2.45) is 0 Å². The van der Waals surface area contributed by atoms with Gasteiger partial charge in [-0.15, -0.1) is 0 Å². The number of hydrogen-bond acceptors (Lipinski definition) is 3. The van der Waals surface area contributed by atoms with Crippen molar-refractivity contribution in [2.75, 3.05) is 6.61 Å². The number of allylic oxidation sites excluding steroid dienone is 1. The van der Waals surface area contributed by atoms with Gasteiger partial charge in [0.25, 0.3) is 0 Å². The van der Waals surface area contributed by atoms with Gasteiger partial charge in [-0.1, -0.05) is 65.0 Å². The number of hydrogen-bond donors (Lipinski definition) is 1. The zero-order valence-electron chi connectivity index (χ0n) is 16.0. The Morgan fingerprint density at radius 3 is 1.96 bits per heavy atom. The van der Waals surface area contributed by atoms with E-state index in [2.05, 4.69) is 20.4 Å². The van der Waals surface area contributed by atoms with Crippen molar-refractivity contribution < 1.29 is 19.4 Å². The van der Waals surface area contributed by atoms with Crippen LogP contribution < -0.4 is 0 Å². The summed E-state index contributed by atoms with van der Waals surface area (Å²) >= 11 is 0. The molecule has 0 saturated carbocycles. The summed E-state index contributed by atoms with van der Waals surface area (Å²) in [5.41, 5.74) is 0.942. The summed E-state index contributed by atoms with van der Waals surface area (Å²) in [7, 11) is 0. The highest BCUT2D eigenvalue weighted by molar-refractivity contribution is 5.86. The number of carbonyl (C=O) groups excluding carboxylic acids is 1. The summed E-state index contributed by atoms with van der Waals surface area (Å²) in [6.07, 6.45) is 12.0.